The third-order valence-corrected chi connectivity index (χ3v) is 3.81. The molecule has 7 nitrogen and oxygen atoms in total. The lowest BCUT2D eigenvalue weighted by molar-refractivity contribution is -0.168. The van der Waals surface area contributed by atoms with Crippen molar-refractivity contribution in [1.82, 2.24) is 4.90 Å². The van der Waals surface area contributed by atoms with Gasteiger partial charge in [0.25, 0.3) is 0 Å². The number of nitrogens with zero attached hydrogens (tertiary/aromatic N) is 1. The molecule has 0 saturated carbocycles. The van der Waals surface area contributed by atoms with Crippen LogP contribution in [-0.4, -0.2) is 54.7 Å². The van der Waals surface area contributed by atoms with Crippen molar-refractivity contribution in [3.8, 4) is 0 Å². The second-order valence-corrected chi connectivity index (χ2v) is 5.26. The van der Waals surface area contributed by atoms with Crippen molar-refractivity contribution in [3.05, 3.63) is 35.9 Å². The van der Waals surface area contributed by atoms with Gasteiger partial charge in [0.15, 0.2) is 6.23 Å². The number of rotatable bonds is 4. The van der Waals surface area contributed by atoms with Crippen LogP contribution < -0.4 is 0 Å². The summed E-state index contributed by atoms with van der Waals surface area (Å²) < 4.78 is 15.2. The van der Waals surface area contributed by atoms with Crippen molar-refractivity contribution in [1.29, 1.82) is 0 Å². The summed E-state index contributed by atoms with van der Waals surface area (Å²) in [7, 11) is 2.62. The maximum absolute atomic E-state index is 12.4. The highest BCUT2D eigenvalue weighted by molar-refractivity contribution is 5.81. The van der Waals surface area contributed by atoms with Crippen LogP contribution >= 0.6 is 0 Å². The number of methoxy groups -OCH3 is 2. The number of aliphatic hydroxyl groups is 1. The molecule has 0 bridgehead atoms. The number of piperidine rings is 1. The summed E-state index contributed by atoms with van der Waals surface area (Å²) in [6, 6.07) is 8.34. The molecule has 0 unspecified atom stereocenters. The van der Waals surface area contributed by atoms with E-state index in [0.29, 0.717) is 6.42 Å². The summed E-state index contributed by atoms with van der Waals surface area (Å²) >= 11 is 0. The Balaban J connectivity index is 2.12. The fourth-order valence-electron chi connectivity index (χ4n) is 2.64. The summed E-state index contributed by atoms with van der Waals surface area (Å²) in [6.45, 7) is 0.0661. The first-order valence-corrected chi connectivity index (χ1v) is 7.36. The van der Waals surface area contributed by atoms with Crippen molar-refractivity contribution in [2.24, 2.45) is 0 Å². The molecule has 0 aliphatic carbocycles. The molecule has 0 radical (unpaired) electrons. The van der Waals surface area contributed by atoms with Crippen molar-refractivity contribution in [3.63, 3.8) is 0 Å². The molecule has 2 rings (SSSR count). The molecule has 126 valence electrons. The van der Waals surface area contributed by atoms with Crippen LogP contribution in [0.5, 0.6) is 0 Å². The van der Waals surface area contributed by atoms with Crippen LogP contribution in [0.15, 0.2) is 30.3 Å². The minimum Gasteiger partial charge on any atom is -0.467 e. The lowest BCUT2D eigenvalue weighted by Gasteiger charge is -2.41. The first-order chi connectivity index (χ1) is 11.1. The second kappa shape index (κ2) is 7.94. The Labute approximate surface area is 134 Å². The summed E-state index contributed by atoms with van der Waals surface area (Å²) in [6.07, 6.45) is -1.94. The summed E-state index contributed by atoms with van der Waals surface area (Å²) in [5, 5.41) is 10.0. The predicted molar refractivity (Wildman–Crippen MR) is 80.3 cm³/mol. The highest BCUT2D eigenvalue weighted by atomic mass is 16.6. The number of ether oxygens (including phenoxy) is 3. The zero-order valence-electron chi connectivity index (χ0n) is 13.2. The molecule has 1 N–H and O–H groups in total. The van der Waals surface area contributed by atoms with Gasteiger partial charge in [0.2, 0.25) is 0 Å². The number of amides is 1. The standard InChI is InChI=1S/C16H21NO6/c1-21-14-13(18)9-8-12(15(19)22-2)17(14)16(20)23-10-11-6-4-3-5-7-11/h3-7,12-14,18H,8-10H2,1-2H3/t12-,13+,14-/m0/s1. The van der Waals surface area contributed by atoms with Gasteiger partial charge in [-0.25, -0.2) is 9.59 Å². The first-order valence-electron chi connectivity index (χ1n) is 7.36. The minimum absolute atomic E-state index is 0.0661. The minimum atomic E-state index is -0.948. The molecule has 23 heavy (non-hydrogen) atoms. The third kappa shape index (κ3) is 4.00. The highest BCUT2D eigenvalue weighted by Crippen LogP contribution is 2.26. The quantitative estimate of drug-likeness (QED) is 0.841. The Kier molecular flexibility index (Phi) is 5.95. The smallest absolute Gasteiger partial charge is 0.413 e. The lowest BCUT2D eigenvalue weighted by Crippen LogP contribution is -2.59. The number of benzene rings is 1. The van der Waals surface area contributed by atoms with Crippen molar-refractivity contribution < 1.29 is 28.9 Å². The average Bonchev–Trinajstić information content (AvgIpc) is 2.59. The van der Waals surface area contributed by atoms with Gasteiger partial charge in [-0.15, -0.1) is 0 Å². The van der Waals surface area contributed by atoms with Crippen LogP contribution in [0, 0.1) is 0 Å². The first kappa shape index (κ1) is 17.2. The number of aliphatic hydroxyl groups excluding tert-OH is 1. The van der Waals surface area contributed by atoms with Crippen LogP contribution in [0.1, 0.15) is 18.4 Å². The largest absolute Gasteiger partial charge is 0.467 e. The number of hydrogen-bond donors (Lipinski definition) is 1. The average molecular weight is 323 g/mol. The SMILES string of the molecule is COC(=O)[C@@H]1CC[C@@H](O)[C@H](OC)N1C(=O)OCc1ccccc1. The molecule has 1 amide bonds. The van der Waals surface area contributed by atoms with Gasteiger partial charge in [0.05, 0.1) is 13.2 Å². The van der Waals surface area contributed by atoms with E-state index in [1.165, 1.54) is 14.2 Å². The van der Waals surface area contributed by atoms with Gasteiger partial charge in [-0.1, -0.05) is 30.3 Å². The fourth-order valence-corrected chi connectivity index (χ4v) is 2.64. The molecule has 1 aromatic rings. The molecule has 1 fully saturated rings. The van der Waals surface area contributed by atoms with Gasteiger partial charge in [-0.2, -0.15) is 0 Å². The molecule has 0 spiro atoms. The van der Waals surface area contributed by atoms with E-state index in [-0.39, 0.29) is 13.0 Å². The van der Waals surface area contributed by atoms with Gasteiger partial charge in [0.1, 0.15) is 12.6 Å². The van der Waals surface area contributed by atoms with E-state index in [0.717, 1.165) is 10.5 Å². The fraction of sp³-hybridized carbons (Fsp3) is 0.500. The molecular weight excluding hydrogens is 302 g/mol. The van der Waals surface area contributed by atoms with Gasteiger partial charge in [0, 0.05) is 7.11 Å². The van der Waals surface area contributed by atoms with Gasteiger partial charge in [-0.3, -0.25) is 4.90 Å². The van der Waals surface area contributed by atoms with Crippen molar-refractivity contribution in [2.45, 2.75) is 37.8 Å². The molecule has 1 saturated heterocycles. The molecule has 3 atom stereocenters. The second-order valence-electron chi connectivity index (χ2n) is 5.26. The molecule has 7 heteroatoms. The van der Waals surface area contributed by atoms with Crippen LogP contribution in [0.4, 0.5) is 4.79 Å². The Morgan fingerprint density at radius 3 is 2.52 bits per heavy atom. The van der Waals surface area contributed by atoms with E-state index < -0.39 is 30.4 Å². The Morgan fingerprint density at radius 2 is 1.91 bits per heavy atom. The molecule has 1 aliphatic heterocycles. The number of carbonyl (C=O) groups is 2. The van der Waals surface area contributed by atoms with E-state index in [4.69, 9.17) is 14.2 Å². The topological polar surface area (TPSA) is 85.3 Å². The monoisotopic (exact) mass is 323 g/mol. The van der Waals surface area contributed by atoms with Gasteiger partial charge >= 0.3 is 12.1 Å². The summed E-state index contributed by atoms with van der Waals surface area (Å²) in [5.74, 6) is -0.560. The number of esters is 1. The zero-order chi connectivity index (χ0) is 16.8. The van der Waals surface area contributed by atoms with Crippen LogP contribution in [0.25, 0.3) is 0 Å². The molecular formula is C16H21NO6. The van der Waals surface area contributed by atoms with E-state index in [9.17, 15) is 14.7 Å². The van der Waals surface area contributed by atoms with Crippen molar-refractivity contribution in [2.75, 3.05) is 14.2 Å². The Morgan fingerprint density at radius 1 is 1.22 bits per heavy atom. The Bertz CT molecular complexity index is 535. The van der Waals surface area contributed by atoms with E-state index >= 15 is 0 Å². The molecule has 1 heterocycles. The van der Waals surface area contributed by atoms with Gasteiger partial charge < -0.3 is 19.3 Å². The molecule has 1 aromatic carbocycles. The molecule has 0 aromatic heterocycles. The number of carbonyl (C=O) groups excluding carboxylic acids is 2. The van der Waals surface area contributed by atoms with Crippen LogP contribution in [0.3, 0.4) is 0 Å². The normalized spacial score (nSPS) is 24.1. The number of hydrogen-bond acceptors (Lipinski definition) is 6. The maximum Gasteiger partial charge on any atom is 0.413 e. The van der Waals surface area contributed by atoms with Crippen LogP contribution in [-0.2, 0) is 25.6 Å². The Hall–Kier alpha value is -2.12. The van der Waals surface area contributed by atoms with E-state index in [1.54, 1.807) is 0 Å². The zero-order valence-corrected chi connectivity index (χ0v) is 13.2. The van der Waals surface area contributed by atoms with Crippen LogP contribution in [0.2, 0.25) is 0 Å². The maximum atomic E-state index is 12.4. The molecule has 1 aliphatic rings. The predicted octanol–water partition coefficient (Wildman–Crippen LogP) is 1.29. The third-order valence-electron chi connectivity index (χ3n) is 3.81. The van der Waals surface area contributed by atoms with E-state index in [1.807, 2.05) is 30.3 Å². The highest BCUT2D eigenvalue weighted by Gasteiger charge is 2.44. The number of likely N-dealkylation sites (tertiary alicyclic amines) is 1. The summed E-state index contributed by atoms with van der Waals surface area (Å²) in [5.41, 5.74) is 0.821. The lowest BCUT2D eigenvalue weighted by atomic mass is 9.99. The summed E-state index contributed by atoms with van der Waals surface area (Å²) in [4.78, 5) is 25.5. The van der Waals surface area contributed by atoms with Gasteiger partial charge in [-0.05, 0) is 18.4 Å². The van der Waals surface area contributed by atoms with Crippen molar-refractivity contribution >= 4 is 12.1 Å². The van der Waals surface area contributed by atoms with E-state index in [2.05, 4.69) is 0 Å².